The van der Waals surface area contributed by atoms with E-state index in [0.717, 1.165) is 12.8 Å². The molecule has 1 heterocycles. The zero-order valence-corrected chi connectivity index (χ0v) is 30.6. The van der Waals surface area contributed by atoms with Crippen LogP contribution in [-0.4, -0.2) is 4.57 Å². The summed E-state index contributed by atoms with van der Waals surface area (Å²) in [7, 11) is 0. The number of nitrogens with zero attached hydrogens (tertiary/aromatic N) is 1. The highest BCUT2D eigenvalue weighted by molar-refractivity contribution is 5.74. The highest BCUT2D eigenvalue weighted by atomic mass is 15.0. The number of aromatic nitrogens is 1. The Labute approximate surface area is 275 Å². The van der Waals surface area contributed by atoms with Crippen LogP contribution in [0.15, 0.2) is 85.1 Å². The lowest BCUT2D eigenvalue weighted by molar-refractivity contribution is 0.283. The molecule has 0 amide bonds. The van der Waals surface area contributed by atoms with Crippen molar-refractivity contribution < 1.29 is 0 Å². The molecule has 0 spiro atoms. The molecule has 0 N–H and O–H groups in total. The van der Waals surface area contributed by atoms with Gasteiger partial charge in [0.25, 0.3) is 0 Å². The predicted molar refractivity (Wildman–Crippen MR) is 199 cm³/mol. The van der Waals surface area contributed by atoms with E-state index in [1.165, 1.54) is 44.8 Å². The van der Waals surface area contributed by atoms with Crippen molar-refractivity contribution in [1.29, 1.82) is 0 Å². The fourth-order valence-corrected chi connectivity index (χ4v) is 7.32. The fraction of sp³-hybridized carbons (Fsp3) is 0.455. The Morgan fingerprint density at radius 3 is 1.36 bits per heavy atom. The second-order valence-corrected chi connectivity index (χ2v) is 18.1. The molecule has 0 saturated carbocycles. The second kappa shape index (κ2) is 12.5. The molecule has 1 aromatic heterocycles. The number of rotatable bonds is 8. The minimum atomic E-state index is 0.118. The van der Waals surface area contributed by atoms with E-state index in [9.17, 15) is 0 Å². The van der Waals surface area contributed by atoms with Gasteiger partial charge in [0.1, 0.15) is 0 Å². The van der Waals surface area contributed by atoms with E-state index in [4.69, 9.17) is 0 Å². The van der Waals surface area contributed by atoms with Crippen molar-refractivity contribution in [1.82, 2.24) is 4.57 Å². The Morgan fingerprint density at radius 1 is 0.489 bits per heavy atom. The molecule has 4 aromatic rings. The van der Waals surface area contributed by atoms with Gasteiger partial charge in [-0.15, -0.1) is 0 Å². The van der Waals surface area contributed by atoms with E-state index in [1.807, 2.05) is 0 Å². The maximum absolute atomic E-state index is 2.37. The van der Waals surface area contributed by atoms with Gasteiger partial charge in [-0.2, -0.15) is 0 Å². The summed E-state index contributed by atoms with van der Waals surface area (Å²) in [6, 6.07) is 29.8. The highest BCUT2D eigenvalue weighted by Crippen LogP contribution is 2.38. The van der Waals surface area contributed by atoms with E-state index < -0.39 is 0 Å². The van der Waals surface area contributed by atoms with E-state index in [2.05, 4.69) is 192 Å². The van der Waals surface area contributed by atoms with Crippen LogP contribution >= 0.6 is 0 Å². The summed E-state index contributed by atoms with van der Waals surface area (Å²) in [4.78, 5) is 0. The minimum Gasteiger partial charge on any atom is -0.316 e. The topological polar surface area (TPSA) is 4.93 Å². The van der Waals surface area contributed by atoms with E-state index in [0.29, 0.717) is 5.41 Å². The van der Waals surface area contributed by atoms with Crippen molar-refractivity contribution >= 4 is 12.2 Å². The van der Waals surface area contributed by atoms with Crippen LogP contribution in [0.25, 0.3) is 29.1 Å². The molecule has 0 fully saturated rings. The molecule has 0 bridgehead atoms. The second-order valence-electron chi connectivity index (χ2n) is 18.1. The van der Waals surface area contributed by atoms with Crippen LogP contribution in [0.1, 0.15) is 131 Å². The smallest absolute Gasteiger partial charge is 0.0534 e. The summed E-state index contributed by atoms with van der Waals surface area (Å²) < 4.78 is 2.35. The highest BCUT2D eigenvalue weighted by Gasteiger charge is 2.28. The van der Waals surface area contributed by atoms with Gasteiger partial charge in [-0.1, -0.05) is 163 Å². The van der Waals surface area contributed by atoms with Gasteiger partial charge in [0.15, 0.2) is 0 Å². The molecule has 0 aliphatic carbocycles. The summed E-state index contributed by atoms with van der Waals surface area (Å²) >= 11 is 0. The molecule has 0 atom stereocenters. The zero-order valence-electron chi connectivity index (χ0n) is 30.6. The monoisotopic (exact) mass is 601 g/mol. The van der Waals surface area contributed by atoms with Gasteiger partial charge in [0.2, 0.25) is 0 Å². The van der Waals surface area contributed by atoms with Crippen molar-refractivity contribution in [3.8, 4) is 16.9 Å². The van der Waals surface area contributed by atoms with Gasteiger partial charge in [0.05, 0.1) is 5.69 Å². The van der Waals surface area contributed by atoms with Crippen molar-refractivity contribution in [2.24, 2.45) is 10.8 Å². The average molecular weight is 602 g/mol. The molecule has 45 heavy (non-hydrogen) atoms. The summed E-state index contributed by atoms with van der Waals surface area (Å²) in [5.41, 5.74) is 11.1. The molecule has 0 saturated heterocycles. The van der Waals surface area contributed by atoms with Crippen molar-refractivity contribution in [3.05, 3.63) is 113 Å². The van der Waals surface area contributed by atoms with Crippen LogP contribution in [0.4, 0.5) is 0 Å². The van der Waals surface area contributed by atoms with Crippen LogP contribution in [0, 0.1) is 10.8 Å². The van der Waals surface area contributed by atoms with E-state index in [-0.39, 0.29) is 21.7 Å². The van der Waals surface area contributed by atoms with Gasteiger partial charge in [-0.25, -0.2) is 0 Å². The van der Waals surface area contributed by atoms with Crippen LogP contribution in [-0.2, 0) is 16.2 Å². The lowest BCUT2D eigenvalue weighted by Crippen LogP contribution is -2.24. The van der Waals surface area contributed by atoms with Crippen LogP contribution in [0.2, 0.25) is 0 Å². The molecule has 3 aromatic carbocycles. The third kappa shape index (κ3) is 9.12. The molecule has 240 valence electrons. The van der Waals surface area contributed by atoms with Gasteiger partial charge < -0.3 is 4.57 Å². The van der Waals surface area contributed by atoms with Gasteiger partial charge in [-0.3, -0.25) is 0 Å². The summed E-state index contributed by atoms with van der Waals surface area (Å²) in [5, 5.41) is 0. The number of benzene rings is 3. The molecule has 0 aliphatic rings. The number of hydrogen-bond donors (Lipinski definition) is 0. The molecular formula is C44H59N. The zero-order chi connectivity index (χ0) is 33.4. The van der Waals surface area contributed by atoms with Crippen molar-refractivity contribution in [2.45, 2.75) is 119 Å². The molecule has 0 unspecified atom stereocenters. The standard InChI is InChI=1S/C44H59N/c1-40(2,3)30-43(10,11)36-20-16-32(17-21-36)14-15-33-28-39(45(29-33)38-26-24-35(25-27-38)42(7,8)9)34-18-22-37(23-19-34)44(12,13)31-41(4,5)6/h14-29H,30-31H2,1-13H3. The Kier molecular flexibility index (Phi) is 9.57. The Balaban J connectivity index is 1.68. The minimum absolute atomic E-state index is 0.118. The predicted octanol–water partition coefficient (Wildman–Crippen LogP) is 13.0. The first-order valence-electron chi connectivity index (χ1n) is 16.9. The summed E-state index contributed by atoms with van der Waals surface area (Å²) in [6.07, 6.45) is 9.05. The fourth-order valence-electron chi connectivity index (χ4n) is 7.32. The van der Waals surface area contributed by atoms with Crippen LogP contribution in [0.5, 0.6) is 0 Å². The molecule has 4 rings (SSSR count). The average Bonchev–Trinajstić information content (AvgIpc) is 3.33. The maximum Gasteiger partial charge on any atom is 0.0534 e. The first-order chi connectivity index (χ1) is 20.6. The Morgan fingerprint density at radius 2 is 0.911 bits per heavy atom. The largest absolute Gasteiger partial charge is 0.316 e. The molecule has 1 nitrogen and oxygen atoms in total. The first kappa shape index (κ1) is 34.6. The summed E-state index contributed by atoms with van der Waals surface area (Å²) in [6.45, 7) is 30.2. The third-order valence-electron chi connectivity index (χ3n) is 8.92. The maximum atomic E-state index is 2.37. The van der Waals surface area contributed by atoms with E-state index in [1.54, 1.807) is 0 Å². The quantitative estimate of drug-likeness (QED) is 0.189. The number of hydrogen-bond acceptors (Lipinski definition) is 0. The van der Waals surface area contributed by atoms with E-state index >= 15 is 0 Å². The van der Waals surface area contributed by atoms with Crippen molar-refractivity contribution in [2.75, 3.05) is 0 Å². The van der Waals surface area contributed by atoms with Crippen molar-refractivity contribution in [3.63, 3.8) is 0 Å². The SMILES string of the molecule is CC(C)(C)CC(C)(C)c1ccc(C=Cc2cc(-c3ccc(C(C)(C)CC(C)(C)C)cc3)n(-c3ccc(C(C)(C)C)cc3)c2)cc1. The molecular weight excluding hydrogens is 542 g/mol. The normalized spacial score (nSPS) is 13.5. The van der Waals surface area contributed by atoms with Gasteiger partial charge >= 0.3 is 0 Å². The Bertz CT molecular complexity index is 1580. The third-order valence-corrected chi connectivity index (χ3v) is 8.92. The first-order valence-corrected chi connectivity index (χ1v) is 16.9. The molecule has 0 radical (unpaired) electrons. The molecule has 1 heteroatoms. The van der Waals surface area contributed by atoms with Crippen LogP contribution < -0.4 is 0 Å². The summed E-state index contributed by atoms with van der Waals surface area (Å²) in [5.74, 6) is 0. The van der Waals surface area contributed by atoms with Gasteiger partial charge in [-0.05, 0) is 91.5 Å². The Hall–Kier alpha value is -3.32. The van der Waals surface area contributed by atoms with Gasteiger partial charge in [0, 0.05) is 11.9 Å². The lowest BCUT2D eigenvalue weighted by Gasteiger charge is -2.33. The molecule has 0 aliphatic heterocycles. The lowest BCUT2D eigenvalue weighted by atomic mass is 9.72. The van der Waals surface area contributed by atoms with Crippen LogP contribution in [0.3, 0.4) is 0 Å².